The lowest BCUT2D eigenvalue weighted by atomic mass is 9.92. The van der Waals surface area contributed by atoms with Crippen molar-refractivity contribution in [2.24, 2.45) is 29.5 Å². The Kier molecular flexibility index (Phi) is 28.0. The van der Waals surface area contributed by atoms with Gasteiger partial charge in [-0.3, -0.25) is 71.3 Å². The number of nitrogens with two attached hydrogens (primary N) is 1. The van der Waals surface area contributed by atoms with Crippen LogP contribution in [0.2, 0.25) is 0 Å². The number of primary amides is 1. The summed E-state index contributed by atoms with van der Waals surface area (Å²) in [6.07, 6.45) is 10.7. The van der Waals surface area contributed by atoms with E-state index in [1.807, 2.05) is 55.5 Å². The van der Waals surface area contributed by atoms with Crippen molar-refractivity contribution in [3.63, 3.8) is 0 Å². The molecule has 4 aromatic carbocycles. The van der Waals surface area contributed by atoms with Gasteiger partial charge in [0.15, 0.2) is 5.78 Å². The Bertz CT molecular complexity index is 3910. The van der Waals surface area contributed by atoms with Gasteiger partial charge in [-0.25, -0.2) is 4.79 Å². The van der Waals surface area contributed by atoms with Crippen molar-refractivity contribution in [2.45, 2.75) is 201 Å². The first-order chi connectivity index (χ1) is 48.4. The van der Waals surface area contributed by atoms with Gasteiger partial charge in [0.2, 0.25) is 43.1 Å². The number of alkyl halides is 2. The molecular formula is C76H99F2N6O17P. The van der Waals surface area contributed by atoms with Gasteiger partial charge in [0.1, 0.15) is 12.1 Å². The second-order valence-corrected chi connectivity index (χ2v) is 30.8. The molecule has 102 heavy (non-hydrogen) atoms. The third-order valence-corrected chi connectivity index (χ3v) is 20.5. The van der Waals surface area contributed by atoms with E-state index in [1.54, 1.807) is 18.5 Å². The summed E-state index contributed by atoms with van der Waals surface area (Å²) in [7, 11) is -3.90. The number of imidazole rings is 1. The van der Waals surface area contributed by atoms with Crippen LogP contribution in [0.15, 0.2) is 95.8 Å². The van der Waals surface area contributed by atoms with Crippen molar-refractivity contribution in [3.05, 3.63) is 140 Å². The van der Waals surface area contributed by atoms with Crippen molar-refractivity contribution in [1.29, 1.82) is 0 Å². The minimum absolute atomic E-state index is 0.0346. The number of aromatic nitrogens is 2. The molecule has 5 atom stereocenters. The standard InChI is InChI=1S/C76H99F2N6O17P/c1-49(54-29-31-58(32-30-54)76(77,78)102(94,100-47-98-71(91)74(3,4)5)101-48-99-72(92)75(6,7)8)42-59(85)44-57-28-27-55-20-15-21-56-45-64(84(67(55)56)70(57)90)69(89)80-60(33-36-65(79)86)50(2)97-46-53-24-22-51(23-25-53)18-16-40-95-38-13-11-10-12-14-39-96-41-17-19-52-26-34-61-63(43-52)82(9)73(93)83(61)62-35-37-66(87)81-68(62)88/h15,20-26,29-32,34,42-43,50,57,60,62,64H,10-14,16-19,27-28,33,35-41,44-48H2,1-9H3,(H2,79,86)(H,80,89)(H,81,87,88)/b49-42+/t50-,57-,60+,62?,64+/m1/s1. The van der Waals surface area contributed by atoms with Crippen LogP contribution in [-0.2, 0) is 121 Å². The molecule has 26 heteroatoms. The van der Waals surface area contributed by atoms with E-state index in [9.17, 15) is 47.7 Å². The number of allylic oxidation sites excluding steroid dienone is 2. The first-order valence-corrected chi connectivity index (χ1v) is 36.8. The van der Waals surface area contributed by atoms with Gasteiger partial charge in [-0.05, 0) is 177 Å². The molecular weight excluding hydrogens is 1340 g/mol. The zero-order valence-electron chi connectivity index (χ0n) is 60.1. The quantitative estimate of drug-likeness (QED) is 0.00826. The number of anilines is 1. The number of hydrogen-bond acceptors (Lipinski definition) is 17. The lowest BCUT2D eigenvalue weighted by Crippen LogP contribution is -2.54. The highest BCUT2D eigenvalue weighted by atomic mass is 31.2. The van der Waals surface area contributed by atoms with E-state index < -0.39 is 115 Å². The largest absolute Gasteiger partial charge is 0.438 e. The van der Waals surface area contributed by atoms with Gasteiger partial charge in [0, 0.05) is 70.6 Å². The summed E-state index contributed by atoms with van der Waals surface area (Å²) in [5, 5.41) is 5.43. The maximum atomic E-state index is 16.3. The molecule has 1 unspecified atom stereocenters. The second kappa shape index (κ2) is 35.9. The molecule has 5 amide bonds. The summed E-state index contributed by atoms with van der Waals surface area (Å²) in [5.41, 5.74) is 5.61. The number of fused-ring (bicyclic) bond motifs is 1. The molecule has 0 aliphatic carbocycles. The van der Waals surface area contributed by atoms with Crippen LogP contribution < -0.4 is 27.0 Å². The fourth-order valence-corrected chi connectivity index (χ4v) is 13.8. The maximum absolute atomic E-state index is 16.3. The molecule has 4 heterocycles. The van der Waals surface area contributed by atoms with E-state index in [2.05, 4.69) is 22.8 Å². The molecule has 1 fully saturated rings. The van der Waals surface area contributed by atoms with Gasteiger partial charge in [0.05, 0.1) is 46.3 Å². The maximum Gasteiger partial charge on any atom is 0.410 e. The third-order valence-electron chi connectivity index (χ3n) is 18.6. The number of piperidine rings is 1. The molecule has 23 nitrogen and oxygen atoms in total. The minimum atomic E-state index is -5.59. The normalized spacial score (nSPS) is 17.2. The van der Waals surface area contributed by atoms with E-state index in [0.29, 0.717) is 68.0 Å². The van der Waals surface area contributed by atoms with E-state index in [0.717, 1.165) is 103 Å². The van der Waals surface area contributed by atoms with E-state index in [-0.39, 0.29) is 50.3 Å². The highest BCUT2D eigenvalue weighted by Crippen LogP contribution is 2.67. The van der Waals surface area contributed by atoms with Crippen molar-refractivity contribution < 1.29 is 84.4 Å². The average Bonchev–Trinajstić information content (AvgIpc) is 1.57. The Morgan fingerprint density at radius 2 is 1.30 bits per heavy atom. The van der Waals surface area contributed by atoms with Crippen molar-refractivity contribution in [2.75, 3.05) is 44.9 Å². The first-order valence-electron chi connectivity index (χ1n) is 35.2. The number of amides is 5. The van der Waals surface area contributed by atoms with Crippen LogP contribution in [-0.4, -0.2) is 115 Å². The van der Waals surface area contributed by atoms with Crippen molar-refractivity contribution >= 4 is 77.1 Å². The Morgan fingerprint density at radius 3 is 1.91 bits per heavy atom. The van der Waals surface area contributed by atoms with Gasteiger partial charge in [-0.1, -0.05) is 92.1 Å². The van der Waals surface area contributed by atoms with Gasteiger partial charge in [-0.2, -0.15) is 8.78 Å². The zero-order chi connectivity index (χ0) is 74.1. The number of esters is 2. The SMILES string of the molecule is C/C(=C\C(=O)C[C@H]1CCc2cccc3c2N(C1=O)[C@H](C(=O)N[C@@H](CCC(N)=O)[C@@H](C)OCc1ccc(CCCOCCCCCCCOCCCc2ccc4c(c2)n(C)c(=O)n4C2CCC(=O)NC2=O)cc1)C3)c1ccc(C(F)(F)P(=O)(OCOC(=O)C(C)(C)C)OCOC(=O)C(C)(C)C)cc1. The van der Waals surface area contributed by atoms with Crippen LogP contribution in [0, 0.1) is 16.7 Å². The smallest absolute Gasteiger partial charge is 0.410 e. The Hall–Kier alpha value is -8.06. The number of ether oxygens (including phenoxy) is 5. The van der Waals surface area contributed by atoms with Gasteiger partial charge < -0.3 is 34.7 Å². The number of unbranched alkanes of at least 4 members (excludes halogenated alkanes) is 4. The van der Waals surface area contributed by atoms with E-state index >= 15 is 8.78 Å². The van der Waals surface area contributed by atoms with Crippen LogP contribution >= 0.6 is 7.60 Å². The van der Waals surface area contributed by atoms with Crippen LogP contribution in [0.25, 0.3) is 16.6 Å². The predicted octanol–water partition coefficient (Wildman–Crippen LogP) is 11.5. The first kappa shape index (κ1) is 79.6. The fraction of sp³-hybridized carbons (Fsp3) is 0.539. The highest BCUT2D eigenvalue weighted by molar-refractivity contribution is 7.54. The minimum Gasteiger partial charge on any atom is -0.438 e. The Morgan fingerprint density at radius 1 is 0.725 bits per heavy atom. The lowest BCUT2D eigenvalue weighted by Gasteiger charge is -2.31. The predicted molar refractivity (Wildman–Crippen MR) is 378 cm³/mol. The molecule has 0 bridgehead atoms. The number of aryl methyl sites for hydroxylation is 4. The number of nitrogens with one attached hydrogen (secondary N) is 2. The lowest BCUT2D eigenvalue weighted by molar-refractivity contribution is -0.163. The summed E-state index contributed by atoms with van der Waals surface area (Å²) in [4.78, 5) is 119. The van der Waals surface area contributed by atoms with Crippen LogP contribution in [0.4, 0.5) is 14.5 Å². The zero-order valence-corrected chi connectivity index (χ0v) is 61.0. The molecule has 3 aliphatic rings. The number of carbonyl (C=O) groups is 8. The molecule has 554 valence electrons. The number of halogens is 2. The molecule has 3 aliphatic heterocycles. The molecule has 0 saturated carbocycles. The summed E-state index contributed by atoms with van der Waals surface area (Å²) in [6.45, 7) is 13.1. The summed E-state index contributed by atoms with van der Waals surface area (Å²) in [5.74, 6) is -5.12. The van der Waals surface area contributed by atoms with Crippen molar-refractivity contribution in [1.82, 2.24) is 19.8 Å². The number of hydrogen-bond donors (Lipinski definition) is 3. The number of benzene rings is 4. The summed E-state index contributed by atoms with van der Waals surface area (Å²) in [6, 6.07) is 21.7. The van der Waals surface area contributed by atoms with Crippen molar-refractivity contribution in [3.8, 4) is 0 Å². The molecule has 8 rings (SSSR count). The average molecular weight is 1440 g/mol. The number of rotatable bonds is 38. The topological polar surface area (TPSA) is 298 Å². The van der Waals surface area contributed by atoms with Gasteiger partial charge in [0.25, 0.3) is 0 Å². The number of imide groups is 1. The number of ketones is 1. The molecule has 0 radical (unpaired) electrons. The number of para-hydroxylation sites is 1. The summed E-state index contributed by atoms with van der Waals surface area (Å²) >= 11 is 0. The van der Waals surface area contributed by atoms with Crippen LogP contribution in [0.1, 0.15) is 184 Å². The molecule has 1 saturated heterocycles. The number of nitrogens with zero attached hydrogens (tertiary/aromatic N) is 3. The van der Waals surface area contributed by atoms with Gasteiger partial charge in [-0.15, -0.1) is 0 Å². The number of carbonyl (C=O) groups excluding carboxylic acids is 8. The Labute approximate surface area is 594 Å². The summed E-state index contributed by atoms with van der Waals surface area (Å²) < 4.78 is 87.6. The van der Waals surface area contributed by atoms with E-state index in [1.165, 1.54) is 69.2 Å². The Balaban J connectivity index is 0.748. The molecule has 0 spiro atoms. The monoisotopic (exact) mass is 1440 g/mol. The molecule has 1 aromatic heterocycles. The van der Waals surface area contributed by atoms with Crippen LogP contribution in [0.3, 0.4) is 0 Å². The van der Waals surface area contributed by atoms with Gasteiger partial charge >= 0.3 is 30.9 Å². The molecule has 4 N–H and O–H groups in total. The second-order valence-electron chi connectivity index (χ2n) is 28.7. The fourth-order valence-electron chi connectivity index (χ4n) is 12.6. The highest BCUT2D eigenvalue weighted by Gasteiger charge is 2.56. The molecule has 5 aromatic rings. The van der Waals surface area contributed by atoms with Crippen LogP contribution in [0.5, 0.6) is 0 Å². The van der Waals surface area contributed by atoms with E-state index in [4.69, 9.17) is 38.5 Å². The third kappa shape index (κ3) is 21.1.